The van der Waals surface area contributed by atoms with Gasteiger partial charge in [0.25, 0.3) is 0 Å². The molecule has 0 spiro atoms. The van der Waals surface area contributed by atoms with E-state index in [1.54, 1.807) is 48.5 Å². The van der Waals surface area contributed by atoms with Crippen molar-refractivity contribution in [1.82, 2.24) is 4.31 Å². The van der Waals surface area contributed by atoms with Gasteiger partial charge < -0.3 is 20.1 Å². The van der Waals surface area contributed by atoms with Gasteiger partial charge in [0.1, 0.15) is 11.5 Å². The van der Waals surface area contributed by atoms with Gasteiger partial charge in [0.05, 0.1) is 33.6 Å². The Kier molecular flexibility index (Phi) is 7.57. The van der Waals surface area contributed by atoms with Gasteiger partial charge in [-0.2, -0.15) is 4.31 Å². The Morgan fingerprint density at radius 3 is 1.62 bits per heavy atom. The molecule has 156 valence electrons. The summed E-state index contributed by atoms with van der Waals surface area (Å²) in [7, 11) is -0.816. The number of sulfonamides is 1. The maximum atomic E-state index is 12.3. The van der Waals surface area contributed by atoms with Crippen LogP contribution < -0.4 is 20.1 Å². The van der Waals surface area contributed by atoms with Crippen LogP contribution in [-0.2, 0) is 19.6 Å². The second-order valence-corrected chi connectivity index (χ2v) is 8.07. The van der Waals surface area contributed by atoms with E-state index >= 15 is 0 Å². The van der Waals surface area contributed by atoms with Crippen LogP contribution in [0.4, 0.5) is 11.4 Å². The van der Waals surface area contributed by atoms with Crippen molar-refractivity contribution in [3.63, 3.8) is 0 Å². The van der Waals surface area contributed by atoms with Crippen molar-refractivity contribution < 1.29 is 27.5 Å². The second kappa shape index (κ2) is 9.89. The molecule has 29 heavy (non-hydrogen) atoms. The predicted octanol–water partition coefficient (Wildman–Crippen LogP) is 1.54. The van der Waals surface area contributed by atoms with Gasteiger partial charge in [-0.25, -0.2) is 8.42 Å². The molecule has 0 saturated heterocycles. The van der Waals surface area contributed by atoms with E-state index in [2.05, 4.69) is 10.6 Å². The van der Waals surface area contributed by atoms with Crippen LogP contribution >= 0.6 is 0 Å². The van der Waals surface area contributed by atoms with E-state index in [9.17, 15) is 18.0 Å². The first-order valence-electron chi connectivity index (χ1n) is 8.54. The van der Waals surface area contributed by atoms with Crippen molar-refractivity contribution >= 4 is 33.2 Å². The molecular formula is C19H23N3O6S. The van der Waals surface area contributed by atoms with E-state index in [0.717, 1.165) is 10.6 Å². The minimum atomic E-state index is -3.80. The minimum absolute atomic E-state index is 0.448. The van der Waals surface area contributed by atoms with E-state index in [4.69, 9.17) is 9.47 Å². The normalized spacial score (nSPS) is 11.0. The fourth-order valence-corrected chi connectivity index (χ4v) is 3.12. The van der Waals surface area contributed by atoms with Crippen LogP contribution in [0, 0.1) is 0 Å². The zero-order valence-electron chi connectivity index (χ0n) is 16.3. The van der Waals surface area contributed by atoms with Gasteiger partial charge >= 0.3 is 0 Å². The SMILES string of the molecule is COc1cccc(NC(=O)CN(CC(=O)Nc2cccc(OC)c2)S(C)(=O)=O)c1. The van der Waals surface area contributed by atoms with Crippen LogP contribution in [0.1, 0.15) is 0 Å². The highest BCUT2D eigenvalue weighted by molar-refractivity contribution is 7.88. The van der Waals surface area contributed by atoms with Crippen LogP contribution in [0.2, 0.25) is 0 Å². The summed E-state index contributed by atoms with van der Waals surface area (Å²) < 4.78 is 35.0. The summed E-state index contributed by atoms with van der Waals surface area (Å²) in [5.74, 6) is -0.0865. The quantitative estimate of drug-likeness (QED) is 0.635. The second-order valence-electron chi connectivity index (χ2n) is 6.09. The van der Waals surface area contributed by atoms with E-state index < -0.39 is 34.9 Å². The largest absolute Gasteiger partial charge is 0.497 e. The summed E-state index contributed by atoms with van der Waals surface area (Å²) in [5, 5.41) is 5.17. The lowest BCUT2D eigenvalue weighted by molar-refractivity contribution is -0.118. The third-order valence-corrected chi connectivity index (χ3v) is 5.01. The number of anilines is 2. The van der Waals surface area contributed by atoms with Gasteiger partial charge in [-0.15, -0.1) is 0 Å². The zero-order valence-corrected chi connectivity index (χ0v) is 17.2. The molecule has 0 aliphatic heterocycles. The molecular weight excluding hydrogens is 398 g/mol. The summed E-state index contributed by atoms with van der Waals surface area (Å²) in [6.45, 7) is -1.02. The summed E-state index contributed by atoms with van der Waals surface area (Å²) in [6, 6.07) is 13.3. The predicted molar refractivity (Wildman–Crippen MR) is 110 cm³/mol. The molecule has 0 aromatic heterocycles. The fourth-order valence-electron chi connectivity index (χ4n) is 2.41. The first-order valence-corrected chi connectivity index (χ1v) is 10.4. The fraction of sp³-hybridized carbons (Fsp3) is 0.263. The third kappa shape index (κ3) is 7.09. The summed E-state index contributed by atoms with van der Waals surface area (Å²) in [5.41, 5.74) is 0.896. The highest BCUT2D eigenvalue weighted by Gasteiger charge is 2.23. The lowest BCUT2D eigenvalue weighted by atomic mass is 10.3. The van der Waals surface area contributed by atoms with E-state index in [1.807, 2.05) is 0 Å². The van der Waals surface area contributed by atoms with Crippen LogP contribution in [0.15, 0.2) is 48.5 Å². The highest BCUT2D eigenvalue weighted by Crippen LogP contribution is 2.18. The average molecular weight is 421 g/mol. The average Bonchev–Trinajstić information content (AvgIpc) is 2.67. The van der Waals surface area contributed by atoms with Crippen LogP contribution in [0.5, 0.6) is 11.5 Å². The van der Waals surface area contributed by atoms with Gasteiger partial charge in [-0.05, 0) is 24.3 Å². The van der Waals surface area contributed by atoms with Gasteiger partial charge in [-0.1, -0.05) is 12.1 Å². The molecule has 0 unspecified atom stereocenters. The standard InChI is InChI=1S/C19H23N3O6S/c1-27-16-8-4-6-14(10-16)20-18(23)12-22(29(3,25)26)13-19(24)21-15-7-5-9-17(11-15)28-2/h4-11H,12-13H2,1-3H3,(H,20,23)(H,21,24). The Morgan fingerprint density at radius 2 is 1.28 bits per heavy atom. The molecule has 0 heterocycles. The minimum Gasteiger partial charge on any atom is -0.497 e. The maximum Gasteiger partial charge on any atom is 0.239 e. The molecule has 0 aliphatic rings. The Hall–Kier alpha value is -3.11. The van der Waals surface area contributed by atoms with Crippen LogP contribution in [0.3, 0.4) is 0 Å². The van der Waals surface area contributed by atoms with Gasteiger partial charge in [0.2, 0.25) is 21.8 Å². The number of nitrogens with one attached hydrogen (secondary N) is 2. The number of nitrogens with zero attached hydrogens (tertiary/aromatic N) is 1. The molecule has 2 aromatic carbocycles. The molecule has 9 nitrogen and oxygen atoms in total. The van der Waals surface area contributed by atoms with Crippen molar-refractivity contribution in [2.45, 2.75) is 0 Å². The van der Waals surface area contributed by atoms with Crippen molar-refractivity contribution in [1.29, 1.82) is 0 Å². The number of benzene rings is 2. The van der Waals surface area contributed by atoms with E-state index in [1.165, 1.54) is 14.2 Å². The Balaban J connectivity index is 2.03. The summed E-state index contributed by atoms with van der Waals surface area (Å²) in [4.78, 5) is 24.6. The third-order valence-electron chi connectivity index (χ3n) is 3.82. The van der Waals surface area contributed by atoms with Crippen molar-refractivity contribution in [2.24, 2.45) is 0 Å². The molecule has 2 N–H and O–H groups in total. The number of hydrogen-bond acceptors (Lipinski definition) is 6. The summed E-state index contributed by atoms with van der Waals surface area (Å²) >= 11 is 0. The topological polar surface area (TPSA) is 114 Å². The summed E-state index contributed by atoms with van der Waals surface area (Å²) in [6.07, 6.45) is 0.935. The van der Waals surface area contributed by atoms with Gasteiger partial charge in [-0.3, -0.25) is 9.59 Å². The smallest absolute Gasteiger partial charge is 0.239 e. The first-order chi connectivity index (χ1) is 13.7. The lowest BCUT2D eigenvalue weighted by Gasteiger charge is -2.19. The number of methoxy groups -OCH3 is 2. The van der Waals surface area contributed by atoms with Crippen LogP contribution in [0.25, 0.3) is 0 Å². The highest BCUT2D eigenvalue weighted by atomic mass is 32.2. The number of carbonyl (C=O) groups is 2. The maximum absolute atomic E-state index is 12.3. The number of rotatable bonds is 9. The molecule has 0 saturated carbocycles. The van der Waals surface area contributed by atoms with E-state index in [0.29, 0.717) is 22.9 Å². The zero-order chi connectivity index (χ0) is 21.4. The van der Waals surface area contributed by atoms with Crippen molar-refractivity contribution in [3.05, 3.63) is 48.5 Å². The van der Waals surface area contributed by atoms with Crippen LogP contribution in [-0.4, -0.2) is 58.1 Å². The molecule has 10 heteroatoms. The molecule has 0 bridgehead atoms. The molecule has 0 fully saturated rings. The van der Waals surface area contributed by atoms with Gasteiger partial charge in [0.15, 0.2) is 0 Å². The van der Waals surface area contributed by atoms with Crippen molar-refractivity contribution in [3.8, 4) is 11.5 Å². The monoisotopic (exact) mass is 421 g/mol. The molecule has 0 aliphatic carbocycles. The van der Waals surface area contributed by atoms with Gasteiger partial charge in [0, 0.05) is 23.5 Å². The Bertz CT molecular complexity index is 914. The lowest BCUT2D eigenvalue weighted by Crippen LogP contribution is -2.42. The first kappa shape index (κ1) is 22.2. The van der Waals surface area contributed by atoms with Crippen molar-refractivity contribution in [2.75, 3.05) is 44.2 Å². The van der Waals surface area contributed by atoms with E-state index in [-0.39, 0.29) is 0 Å². The Labute approximate surface area is 169 Å². The number of hydrogen-bond donors (Lipinski definition) is 2. The number of amides is 2. The Morgan fingerprint density at radius 1 is 0.862 bits per heavy atom. The molecule has 2 rings (SSSR count). The number of carbonyl (C=O) groups excluding carboxylic acids is 2. The molecule has 0 atom stereocenters. The number of ether oxygens (including phenoxy) is 2. The molecule has 2 aromatic rings. The molecule has 2 amide bonds. The molecule has 0 radical (unpaired) electrons.